The Hall–Kier alpha value is -2.25. The van der Waals surface area contributed by atoms with Crippen LogP contribution in [0, 0.1) is 13.8 Å². The van der Waals surface area contributed by atoms with Crippen LogP contribution in [0.1, 0.15) is 11.1 Å². The van der Waals surface area contributed by atoms with Gasteiger partial charge in [0.1, 0.15) is 12.3 Å². The number of nitrogens with one attached hydrogen (secondary N) is 1. The van der Waals surface area contributed by atoms with Gasteiger partial charge in [0, 0.05) is 5.02 Å². The van der Waals surface area contributed by atoms with Crippen molar-refractivity contribution in [2.75, 3.05) is 29.5 Å². The Bertz CT molecular complexity index is 909. The van der Waals surface area contributed by atoms with Crippen LogP contribution in [-0.4, -0.2) is 34.2 Å². The van der Waals surface area contributed by atoms with Crippen molar-refractivity contribution in [3.63, 3.8) is 0 Å². The predicted molar refractivity (Wildman–Crippen MR) is 105 cm³/mol. The second-order valence-electron chi connectivity index (χ2n) is 5.90. The third-order valence-corrected chi connectivity index (χ3v) is 5.16. The lowest BCUT2D eigenvalue weighted by molar-refractivity contribution is -0.114. The van der Waals surface area contributed by atoms with E-state index < -0.39 is 15.9 Å². The average molecular weight is 397 g/mol. The highest BCUT2D eigenvalue weighted by Gasteiger charge is 2.24. The van der Waals surface area contributed by atoms with E-state index in [0.717, 1.165) is 21.7 Å². The van der Waals surface area contributed by atoms with Crippen molar-refractivity contribution in [1.29, 1.82) is 0 Å². The first-order chi connectivity index (χ1) is 12.1. The van der Waals surface area contributed by atoms with E-state index in [1.54, 1.807) is 44.2 Å². The number of rotatable bonds is 6. The molecule has 1 N–H and O–H groups in total. The minimum absolute atomic E-state index is 0.361. The van der Waals surface area contributed by atoms with Crippen molar-refractivity contribution in [1.82, 2.24) is 0 Å². The molecule has 0 bridgehead atoms. The molecular formula is C18H21ClN2O4S. The molecule has 0 spiro atoms. The molecule has 0 aromatic heterocycles. The topological polar surface area (TPSA) is 75.7 Å². The van der Waals surface area contributed by atoms with Gasteiger partial charge in [0.05, 0.1) is 24.7 Å². The number of hydrogen-bond acceptors (Lipinski definition) is 4. The summed E-state index contributed by atoms with van der Waals surface area (Å²) in [5, 5.41) is 3.09. The summed E-state index contributed by atoms with van der Waals surface area (Å²) >= 11 is 5.96. The molecule has 0 unspecified atom stereocenters. The van der Waals surface area contributed by atoms with Crippen LogP contribution in [0.4, 0.5) is 11.4 Å². The Morgan fingerprint density at radius 2 is 1.81 bits per heavy atom. The van der Waals surface area contributed by atoms with Gasteiger partial charge in [-0.2, -0.15) is 0 Å². The van der Waals surface area contributed by atoms with Gasteiger partial charge in [0.2, 0.25) is 15.9 Å². The van der Waals surface area contributed by atoms with Gasteiger partial charge >= 0.3 is 0 Å². The molecule has 8 heteroatoms. The zero-order valence-electron chi connectivity index (χ0n) is 15.0. The Balaban J connectivity index is 2.33. The molecule has 26 heavy (non-hydrogen) atoms. The van der Waals surface area contributed by atoms with Crippen molar-refractivity contribution in [2.24, 2.45) is 0 Å². The smallest absolute Gasteiger partial charge is 0.245 e. The summed E-state index contributed by atoms with van der Waals surface area (Å²) < 4.78 is 30.9. The van der Waals surface area contributed by atoms with E-state index in [0.29, 0.717) is 22.1 Å². The second-order valence-corrected chi connectivity index (χ2v) is 8.25. The number of hydrogen-bond donors (Lipinski definition) is 1. The number of sulfonamides is 1. The summed E-state index contributed by atoms with van der Waals surface area (Å²) in [6, 6.07) is 10.2. The molecule has 0 atom stereocenters. The van der Waals surface area contributed by atoms with E-state index in [4.69, 9.17) is 16.3 Å². The number of aryl methyl sites for hydroxylation is 2. The molecule has 0 aliphatic heterocycles. The van der Waals surface area contributed by atoms with E-state index in [1.807, 2.05) is 6.07 Å². The molecule has 140 valence electrons. The van der Waals surface area contributed by atoms with Crippen LogP contribution in [0.15, 0.2) is 36.4 Å². The van der Waals surface area contributed by atoms with Crippen LogP contribution in [0.3, 0.4) is 0 Å². The number of ether oxygens (including phenoxy) is 1. The van der Waals surface area contributed by atoms with Crippen LogP contribution in [0.5, 0.6) is 5.75 Å². The first kappa shape index (κ1) is 20.1. The van der Waals surface area contributed by atoms with Crippen molar-refractivity contribution >= 4 is 38.9 Å². The third kappa shape index (κ3) is 4.68. The normalized spacial score (nSPS) is 11.1. The molecule has 2 aromatic carbocycles. The van der Waals surface area contributed by atoms with Gasteiger partial charge < -0.3 is 10.1 Å². The fourth-order valence-corrected chi connectivity index (χ4v) is 3.80. The summed E-state index contributed by atoms with van der Waals surface area (Å²) in [7, 11) is -2.19. The lowest BCUT2D eigenvalue weighted by Crippen LogP contribution is -2.38. The minimum Gasteiger partial charge on any atom is -0.495 e. The number of benzene rings is 2. The van der Waals surface area contributed by atoms with Gasteiger partial charge in [-0.05, 0) is 43.2 Å². The molecule has 0 aliphatic rings. The molecular weight excluding hydrogens is 376 g/mol. The molecule has 0 fully saturated rings. The van der Waals surface area contributed by atoms with Crippen LogP contribution in [0.2, 0.25) is 5.02 Å². The molecule has 6 nitrogen and oxygen atoms in total. The first-order valence-electron chi connectivity index (χ1n) is 7.81. The molecule has 0 radical (unpaired) electrons. The maximum Gasteiger partial charge on any atom is 0.245 e. The van der Waals surface area contributed by atoms with E-state index in [2.05, 4.69) is 5.32 Å². The van der Waals surface area contributed by atoms with E-state index in [1.165, 1.54) is 7.11 Å². The Morgan fingerprint density at radius 3 is 2.35 bits per heavy atom. The number of amides is 1. The predicted octanol–water partition coefficient (Wildman–Crippen LogP) is 3.37. The number of nitrogens with zero attached hydrogens (tertiary/aromatic N) is 1. The van der Waals surface area contributed by atoms with Crippen LogP contribution >= 0.6 is 11.6 Å². The highest BCUT2D eigenvalue weighted by molar-refractivity contribution is 7.92. The van der Waals surface area contributed by atoms with Gasteiger partial charge in [-0.1, -0.05) is 29.8 Å². The molecule has 0 saturated carbocycles. The SMILES string of the molecule is COc1ccc(Cl)cc1NC(=O)CN(c1c(C)cccc1C)S(C)(=O)=O. The van der Waals surface area contributed by atoms with Gasteiger partial charge in [-0.25, -0.2) is 8.42 Å². The van der Waals surface area contributed by atoms with Crippen molar-refractivity contribution < 1.29 is 17.9 Å². The van der Waals surface area contributed by atoms with Gasteiger partial charge in [-0.3, -0.25) is 9.10 Å². The Morgan fingerprint density at radius 1 is 1.19 bits per heavy atom. The molecule has 1 amide bonds. The lowest BCUT2D eigenvalue weighted by Gasteiger charge is -2.25. The van der Waals surface area contributed by atoms with E-state index >= 15 is 0 Å². The van der Waals surface area contributed by atoms with Crippen molar-refractivity contribution in [2.45, 2.75) is 13.8 Å². The summed E-state index contributed by atoms with van der Waals surface area (Å²) in [6.07, 6.45) is 1.08. The Kier molecular flexibility index (Phi) is 6.15. The Labute approximate surface area is 158 Å². The summed E-state index contributed by atoms with van der Waals surface area (Å²) in [5.74, 6) is -0.0700. The zero-order chi connectivity index (χ0) is 19.5. The fraction of sp³-hybridized carbons (Fsp3) is 0.278. The highest BCUT2D eigenvalue weighted by atomic mass is 35.5. The molecule has 2 rings (SSSR count). The highest BCUT2D eigenvalue weighted by Crippen LogP contribution is 2.29. The lowest BCUT2D eigenvalue weighted by atomic mass is 10.1. The zero-order valence-corrected chi connectivity index (χ0v) is 16.6. The van der Waals surface area contributed by atoms with Gasteiger partial charge in [-0.15, -0.1) is 0 Å². The number of halogens is 1. The number of carbonyl (C=O) groups is 1. The van der Waals surface area contributed by atoms with E-state index in [9.17, 15) is 13.2 Å². The van der Waals surface area contributed by atoms with Crippen molar-refractivity contribution in [3.05, 3.63) is 52.5 Å². The molecule has 0 saturated heterocycles. The number of carbonyl (C=O) groups excluding carboxylic acids is 1. The molecule has 2 aromatic rings. The maximum absolute atomic E-state index is 12.5. The second kappa shape index (κ2) is 7.97. The average Bonchev–Trinajstić information content (AvgIpc) is 2.53. The van der Waals surface area contributed by atoms with Gasteiger partial charge in [0.15, 0.2) is 0 Å². The standard InChI is InChI=1S/C18H21ClN2O4S/c1-12-6-5-7-13(2)18(12)21(26(4,23)24)11-17(22)20-15-10-14(19)8-9-16(15)25-3/h5-10H,11H2,1-4H3,(H,20,22). The summed E-state index contributed by atoms with van der Waals surface area (Å²) in [4.78, 5) is 12.5. The van der Waals surface area contributed by atoms with Crippen LogP contribution in [-0.2, 0) is 14.8 Å². The fourth-order valence-electron chi connectivity index (χ4n) is 2.66. The largest absolute Gasteiger partial charge is 0.495 e. The van der Waals surface area contributed by atoms with Crippen molar-refractivity contribution in [3.8, 4) is 5.75 Å². The monoisotopic (exact) mass is 396 g/mol. The van der Waals surface area contributed by atoms with E-state index in [-0.39, 0.29) is 6.54 Å². The quantitative estimate of drug-likeness (QED) is 0.812. The number of methoxy groups -OCH3 is 1. The molecule has 0 heterocycles. The summed E-state index contributed by atoms with van der Waals surface area (Å²) in [6.45, 7) is 3.25. The molecule has 0 aliphatic carbocycles. The minimum atomic E-state index is -3.66. The van der Waals surface area contributed by atoms with Crippen LogP contribution in [0.25, 0.3) is 0 Å². The number of anilines is 2. The van der Waals surface area contributed by atoms with Crippen LogP contribution < -0.4 is 14.4 Å². The third-order valence-electron chi connectivity index (χ3n) is 3.81. The first-order valence-corrected chi connectivity index (χ1v) is 10.0. The maximum atomic E-state index is 12.5. The summed E-state index contributed by atoms with van der Waals surface area (Å²) in [5.41, 5.74) is 2.41. The van der Waals surface area contributed by atoms with Gasteiger partial charge in [0.25, 0.3) is 0 Å². The number of para-hydroxylation sites is 1.